The Morgan fingerprint density at radius 3 is 2.60 bits per heavy atom. The lowest BCUT2D eigenvalue weighted by Crippen LogP contribution is -2.35. The molecule has 1 aliphatic heterocycles. The van der Waals surface area contributed by atoms with Gasteiger partial charge in [0.15, 0.2) is 0 Å². The van der Waals surface area contributed by atoms with Crippen LogP contribution in [0.1, 0.15) is 25.3 Å². The van der Waals surface area contributed by atoms with Crippen molar-refractivity contribution in [1.29, 1.82) is 0 Å². The molecule has 1 saturated heterocycles. The maximum Gasteiger partial charge on any atom is 0.330 e. The average molecular weight is 275 g/mol. The summed E-state index contributed by atoms with van der Waals surface area (Å²) >= 11 is 0. The highest BCUT2D eigenvalue weighted by molar-refractivity contribution is 5.87. The molecule has 0 unspecified atom stereocenters. The lowest BCUT2D eigenvalue weighted by Gasteiger charge is -2.31. The predicted octanol–water partition coefficient (Wildman–Crippen LogP) is 2.22. The summed E-state index contributed by atoms with van der Waals surface area (Å²) < 4.78 is 4.83. The van der Waals surface area contributed by atoms with Gasteiger partial charge in [-0.3, -0.25) is 0 Å². The van der Waals surface area contributed by atoms with Crippen LogP contribution < -0.4 is 4.90 Å². The molecule has 4 nitrogen and oxygen atoms in total. The number of aliphatic hydroxyl groups excluding tert-OH is 1. The highest BCUT2D eigenvalue weighted by Gasteiger charge is 2.16. The molecule has 0 aromatic heterocycles. The number of piperidine rings is 1. The fourth-order valence-electron chi connectivity index (χ4n) is 2.27. The molecule has 0 bridgehead atoms. The van der Waals surface area contributed by atoms with Crippen molar-refractivity contribution in [2.75, 3.05) is 24.6 Å². The van der Waals surface area contributed by atoms with Crippen molar-refractivity contribution < 1.29 is 14.6 Å². The lowest BCUT2D eigenvalue weighted by atomic mass is 10.1. The predicted molar refractivity (Wildman–Crippen MR) is 79.6 cm³/mol. The number of anilines is 1. The van der Waals surface area contributed by atoms with Crippen LogP contribution in [0.2, 0.25) is 0 Å². The number of rotatable bonds is 4. The van der Waals surface area contributed by atoms with E-state index in [0.29, 0.717) is 6.61 Å². The van der Waals surface area contributed by atoms with Gasteiger partial charge < -0.3 is 14.7 Å². The van der Waals surface area contributed by atoms with Gasteiger partial charge in [0.25, 0.3) is 0 Å². The van der Waals surface area contributed by atoms with Gasteiger partial charge in [0.1, 0.15) is 0 Å². The van der Waals surface area contributed by atoms with Gasteiger partial charge >= 0.3 is 5.97 Å². The van der Waals surface area contributed by atoms with Crippen LogP contribution in [-0.4, -0.2) is 36.9 Å². The third-order valence-corrected chi connectivity index (χ3v) is 3.42. The van der Waals surface area contributed by atoms with E-state index in [-0.39, 0.29) is 12.1 Å². The van der Waals surface area contributed by atoms with Crippen molar-refractivity contribution >= 4 is 17.7 Å². The minimum Gasteiger partial charge on any atom is -0.463 e. The Hall–Kier alpha value is -1.81. The summed E-state index contributed by atoms with van der Waals surface area (Å²) in [6.07, 6.45) is 4.69. The molecular formula is C16H21NO3. The number of benzene rings is 1. The molecule has 1 aromatic rings. The van der Waals surface area contributed by atoms with Crippen molar-refractivity contribution in [3.63, 3.8) is 0 Å². The highest BCUT2D eigenvalue weighted by Crippen LogP contribution is 2.20. The monoisotopic (exact) mass is 275 g/mol. The zero-order valence-corrected chi connectivity index (χ0v) is 11.8. The number of aliphatic hydroxyl groups is 1. The molecule has 2 rings (SSSR count). The third kappa shape index (κ3) is 4.10. The summed E-state index contributed by atoms with van der Waals surface area (Å²) in [5, 5.41) is 9.50. The molecule has 0 spiro atoms. The van der Waals surface area contributed by atoms with Crippen molar-refractivity contribution in [2.45, 2.75) is 25.9 Å². The van der Waals surface area contributed by atoms with E-state index in [1.807, 2.05) is 24.3 Å². The Balaban J connectivity index is 1.94. The molecule has 1 N–H and O–H groups in total. The van der Waals surface area contributed by atoms with E-state index in [1.165, 1.54) is 6.08 Å². The average Bonchev–Trinajstić information content (AvgIpc) is 2.47. The SMILES string of the molecule is CCOC(=O)C=Cc1ccc(N2CCC(O)CC2)cc1. The molecule has 1 aromatic carbocycles. The number of carbonyl (C=O) groups is 1. The number of esters is 1. The molecule has 0 saturated carbocycles. The Kier molecular flexibility index (Phi) is 5.18. The molecule has 0 aliphatic carbocycles. The molecule has 4 heteroatoms. The second-order valence-electron chi connectivity index (χ2n) is 4.90. The summed E-state index contributed by atoms with van der Waals surface area (Å²) in [5.74, 6) is -0.318. The zero-order chi connectivity index (χ0) is 14.4. The molecule has 20 heavy (non-hydrogen) atoms. The molecule has 0 atom stereocenters. The molecule has 0 amide bonds. The van der Waals surface area contributed by atoms with E-state index in [0.717, 1.165) is 37.2 Å². The van der Waals surface area contributed by atoms with Crippen molar-refractivity contribution in [3.05, 3.63) is 35.9 Å². The van der Waals surface area contributed by atoms with Gasteiger partial charge in [-0.1, -0.05) is 12.1 Å². The summed E-state index contributed by atoms with van der Waals surface area (Å²) in [4.78, 5) is 13.5. The van der Waals surface area contributed by atoms with E-state index in [1.54, 1.807) is 13.0 Å². The third-order valence-electron chi connectivity index (χ3n) is 3.42. The van der Waals surface area contributed by atoms with Crippen molar-refractivity contribution in [2.24, 2.45) is 0 Å². The second kappa shape index (κ2) is 7.10. The Morgan fingerprint density at radius 2 is 2.00 bits per heavy atom. The van der Waals surface area contributed by atoms with E-state index in [2.05, 4.69) is 4.90 Å². The molecule has 0 radical (unpaired) electrons. The molecule has 1 heterocycles. The standard InChI is InChI=1S/C16H21NO3/c1-2-20-16(19)8-5-13-3-6-14(7-4-13)17-11-9-15(18)10-12-17/h3-8,15,18H,2,9-12H2,1H3. The van der Waals surface area contributed by atoms with Gasteiger partial charge in [-0.15, -0.1) is 0 Å². The normalized spacial score (nSPS) is 16.6. The molecule has 108 valence electrons. The van der Waals surface area contributed by atoms with Crippen LogP contribution in [0.4, 0.5) is 5.69 Å². The van der Waals surface area contributed by atoms with Crippen LogP contribution in [-0.2, 0) is 9.53 Å². The Morgan fingerprint density at radius 1 is 1.35 bits per heavy atom. The van der Waals surface area contributed by atoms with E-state index in [9.17, 15) is 9.90 Å². The fourth-order valence-corrected chi connectivity index (χ4v) is 2.27. The second-order valence-corrected chi connectivity index (χ2v) is 4.90. The van der Waals surface area contributed by atoms with E-state index >= 15 is 0 Å². The number of hydrogen-bond acceptors (Lipinski definition) is 4. The van der Waals surface area contributed by atoms with Gasteiger partial charge in [0.2, 0.25) is 0 Å². The van der Waals surface area contributed by atoms with Gasteiger partial charge in [-0.25, -0.2) is 4.79 Å². The van der Waals surface area contributed by atoms with Crippen molar-refractivity contribution in [1.82, 2.24) is 0 Å². The first-order chi connectivity index (χ1) is 9.69. The van der Waals surface area contributed by atoms with Crippen molar-refractivity contribution in [3.8, 4) is 0 Å². The highest BCUT2D eigenvalue weighted by atomic mass is 16.5. The molecule has 1 fully saturated rings. The summed E-state index contributed by atoms with van der Waals surface area (Å²) in [6.45, 7) is 3.96. The minimum absolute atomic E-state index is 0.155. The summed E-state index contributed by atoms with van der Waals surface area (Å²) in [6, 6.07) is 8.05. The quantitative estimate of drug-likeness (QED) is 0.676. The Bertz CT molecular complexity index is 459. The van der Waals surface area contributed by atoms with Crippen LogP contribution in [0.25, 0.3) is 6.08 Å². The molecular weight excluding hydrogens is 254 g/mol. The van der Waals surface area contributed by atoms with Crippen LogP contribution in [0.5, 0.6) is 0 Å². The van der Waals surface area contributed by atoms with Crippen LogP contribution in [0.3, 0.4) is 0 Å². The topological polar surface area (TPSA) is 49.8 Å². The number of nitrogens with zero attached hydrogens (tertiary/aromatic N) is 1. The maximum absolute atomic E-state index is 11.2. The summed E-state index contributed by atoms with van der Waals surface area (Å²) in [5.41, 5.74) is 2.13. The van der Waals surface area contributed by atoms with Crippen LogP contribution >= 0.6 is 0 Å². The zero-order valence-electron chi connectivity index (χ0n) is 11.8. The fraction of sp³-hybridized carbons (Fsp3) is 0.438. The minimum atomic E-state index is -0.318. The van der Waals surface area contributed by atoms with Gasteiger partial charge in [-0.05, 0) is 43.5 Å². The lowest BCUT2D eigenvalue weighted by molar-refractivity contribution is -0.137. The Labute approximate surface area is 119 Å². The first-order valence-corrected chi connectivity index (χ1v) is 7.07. The number of carbonyl (C=O) groups excluding carboxylic acids is 1. The smallest absolute Gasteiger partial charge is 0.330 e. The first kappa shape index (κ1) is 14.6. The summed E-state index contributed by atoms with van der Waals surface area (Å²) in [7, 11) is 0. The van der Waals surface area contributed by atoms with Crippen LogP contribution in [0.15, 0.2) is 30.3 Å². The van der Waals surface area contributed by atoms with Gasteiger partial charge in [0, 0.05) is 24.9 Å². The largest absolute Gasteiger partial charge is 0.463 e. The van der Waals surface area contributed by atoms with Gasteiger partial charge in [-0.2, -0.15) is 0 Å². The number of hydrogen-bond donors (Lipinski definition) is 1. The first-order valence-electron chi connectivity index (χ1n) is 7.07. The van der Waals surface area contributed by atoms with Crippen LogP contribution in [0, 0.1) is 0 Å². The maximum atomic E-state index is 11.2. The van der Waals surface area contributed by atoms with Gasteiger partial charge in [0.05, 0.1) is 12.7 Å². The van der Waals surface area contributed by atoms with E-state index < -0.39 is 0 Å². The molecule has 1 aliphatic rings. The number of ether oxygens (including phenoxy) is 1. The van der Waals surface area contributed by atoms with E-state index in [4.69, 9.17) is 4.74 Å².